The molecule has 10 heteroatoms. The van der Waals surface area contributed by atoms with E-state index in [0.717, 1.165) is 48.3 Å². The first-order valence-corrected chi connectivity index (χ1v) is 12.7. The molecule has 0 atom stereocenters. The average Bonchev–Trinajstić information content (AvgIpc) is 3.66. The molecule has 0 unspecified atom stereocenters. The van der Waals surface area contributed by atoms with E-state index in [9.17, 15) is 13.7 Å². The highest BCUT2D eigenvalue weighted by Gasteiger charge is 2.44. The van der Waals surface area contributed by atoms with Gasteiger partial charge in [-0.25, -0.2) is 13.4 Å². The summed E-state index contributed by atoms with van der Waals surface area (Å²) < 4.78 is 25.8. The number of sulfone groups is 1. The average molecular weight is 452 g/mol. The van der Waals surface area contributed by atoms with E-state index in [1.807, 2.05) is 24.3 Å². The normalized spacial score (nSPS) is 17.2. The van der Waals surface area contributed by atoms with E-state index in [2.05, 4.69) is 26.8 Å². The number of nitrogens with zero attached hydrogens (tertiary/aromatic N) is 4. The van der Waals surface area contributed by atoms with Crippen LogP contribution in [0.1, 0.15) is 42.4 Å². The van der Waals surface area contributed by atoms with Crippen LogP contribution in [-0.4, -0.2) is 41.9 Å². The van der Waals surface area contributed by atoms with Crippen molar-refractivity contribution in [3.05, 3.63) is 47.2 Å². The molecule has 0 amide bonds. The third-order valence-electron chi connectivity index (χ3n) is 6.13. The number of nitrogens with two attached hydrogens (primary N) is 1. The van der Waals surface area contributed by atoms with Gasteiger partial charge in [-0.2, -0.15) is 14.9 Å². The van der Waals surface area contributed by atoms with Crippen molar-refractivity contribution in [1.82, 2.24) is 14.6 Å². The Morgan fingerprint density at radius 2 is 2.09 bits per heavy atom. The van der Waals surface area contributed by atoms with E-state index in [0.29, 0.717) is 29.6 Å². The minimum absolute atomic E-state index is 0.0399. The summed E-state index contributed by atoms with van der Waals surface area (Å²) in [6.07, 6.45) is 6.88. The van der Waals surface area contributed by atoms with Crippen LogP contribution in [0.5, 0.6) is 0 Å². The van der Waals surface area contributed by atoms with E-state index in [1.165, 1.54) is 12.5 Å². The quantitative estimate of drug-likeness (QED) is 0.475. The highest BCUT2D eigenvalue weighted by atomic mass is 32.2. The van der Waals surface area contributed by atoms with Crippen molar-refractivity contribution in [3.63, 3.8) is 0 Å². The van der Waals surface area contributed by atoms with Gasteiger partial charge in [-0.3, -0.25) is 0 Å². The fraction of sp³-hybridized carbons (Fsp3) is 0.409. The minimum Gasteiger partial charge on any atom is -0.367 e. The van der Waals surface area contributed by atoms with Crippen LogP contribution in [0, 0.1) is 11.3 Å². The standard InChI is InChI=1S/C22H25N7O2S/c1-32(30,31)12-14-8-17(4-5-18(14)22(13-24)6-7-22)26-19-9-20(27-16-2-3-16)29-21(28-19)15(10-23)11-25-29/h4-5,8-9,11,16,27H,2-3,6-7,12-13,24H2,1H3,(H,26,28). The Hall–Kier alpha value is -3.16. The van der Waals surface area contributed by atoms with Crippen molar-refractivity contribution >= 4 is 32.8 Å². The van der Waals surface area contributed by atoms with Crippen molar-refractivity contribution in [2.45, 2.75) is 42.9 Å². The molecule has 0 spiro atoms. The molecule has 0 aliphatic heterocycles. The molecular weight excluding hydrogens is 426 g/mol. The highest BCUT2D eigenvalue weighted by Crippen LogP contribution is 2.49. The summed E-state index contributed by atoms with van der Waals surface area (Å²) in [6.45, 7) is 0.503. The summed E-state index contributed by atoms with van der Waals surface area (Å²) in [5.41, 5.74) is 9.25. The molecule has 0 radical (unpaired) electrons. The van der Waals surface area contributed by atoms with E-state index in [4.69, 9.17) is 5.73 Å². The van der Waals surface area contributed by atoms with Gasteiger partial charge in [0.1, 0.15) is 23.3 Å². The molecule has 1 aromatic carbocycles. The van der Waals surface area contributed by atoms with Crippen molar-refractivity contribution in [3.8, 4) is 6.07 Å². The number of anilines is 3. The number of nitrogens with one attached hydrogen (secondary N) is 2. The van der Waals surface area contributed by atoms with E-state index in [1.54, 1.807) is 4.52 Å². The van der Waals surface area contributed by atoms with Crippen LogP contribution in [0.4, 0.5) is 17.3 Å². The van der Waals surface area contributed by atoms with E-state index >= 15 is 0 Å². The summed E-state index contributed by atoms with van der Waals surface area (Å²) >= 11 is 0. The maximum absolute atomic E-state index is 12.1. The molecule has 2 saturated carbocycles. The maximum Gasteiger partial charge on any atom is 0.177 e. The number of fused-ring (bicyclic) bond motifs is 1. The summed E-state index contributed by atoms with van der Waals surface area (Å²) in [4.78, 5) is 4.58. The van der Waals surface area contributed by atoms with Crippen LogP contribution in [0.25, 0.3) is 5.65 Å². The fourth-order valence-electron chi connectivity index (χ4n) is 4.12. The molecule has 2 aliphatic carbocycles. The number of benzene rings is 1. The van der Waals surface area contributed by atoms with Crippen LogP contribution in [0.2, 0.25) is 0 Å². The summed E-state index contributed by atoms with van der Waals surface area (Å²) in [6, 6.07) is 10.2. The van der Waals surface area contributed by atoms with Gasteiger partial charge in [0.15, 0.2) is 15.5 Å². The van der Waals surface area contributed by atoms with Crippen molar-refractivity contribution in [2.24, 2.45) is 5.73 Å². The van der Waals surface area contributed by atoms with Crippen molar-refractivity contribution < 1.29 is 8.42 Å². The Labute approximate surface area is 186 Å². The van der Waals surface area contributed by atoms with Crippen LogP contribution >= 0.6 is 0 Å². The highest BCUT2D eigenvalue weighted by molar-refractivity contribution is 7.89. The second-order valence-electron chi connectivity index (χ2n) is 8.90. The van der Waals surface area contributed by atoms with E-state index in [-0.39, 0.29) is 11.2 Å². The molecule has 2 fully saturated rings. The summed E-state index contributed by atoms with van der Waals surface area (Å²) in [5, 5.41) is 20.4. The Morgan fingerprint density at radius 3 is 2.72 bits per heavy atom. The third kappa shape index (κ3) is 4.01. The lowest BCUT2D eigenvalue weighted by atomic mass is 9.91. The van der Waals surface area contributed by atoms with Gasteiger partial charge >= 0.3 is 0 Å². The molecule has 2 aromatic heterocycles. The molecule has 4 N–H and O–H groups in total. The fourth-order valence-corrected chi connectivity index (χ4v) is 4.92. The molecule has 3 aromatic rings. The van der Waals surface area contributed by atoms with Crippen LogP contribution in [0.15, 0.2) is 30.5 Å². The second-order valence-corrected chi connectivity index (χ2v) is 11.0. The molecule has 0 bridgehead atoms. The van der Waals surface area contributed by atoms with Crippen LogP contribution in [-0.2, 0) is 21.0 Å². The lowest BCUT2D eigenvalue weighted by Gasteiger charge is -2.19. The molecular formula is C22H25N7O2S. The molecule has 2 aliphatic rings. The van der Waals surface area contributed by atoms with Crippen molar-refractivity contribution in [1.29, 1.82) is 5.26 Å². The first-order chi connectivity index (χ1) is 15.3. The maximum atomic E-state index is 12.1. The van der Waals surface area contributed by atoms with Gasteiger partial charge in [0.05, 0.1) is 11.9 Å². The predicted octanol–water partition coefficient (Wildman–Crippen LogP) is 2.45. The molecule has 32 heavy (non-hydrogen) atoms. The molecule has 166 valence electrons. The third-order valence-corrected chi connectivity index (χ3v) is 6.97. The number of hydrogen-bond acceptors (Lipinski definition) is 8. The van der Waals surface area contributed by atoms with Gasteiger partial charge in [0.25, 0.3) is 0 Å². The monoisotopic (exact) mass is 451 g/mol. The lowest BCUT2D eigenvalue weighted by Crippen LogP contribution is -2.22. The zero-order valence-corrected chi connectivity index (χ0v) is 18.6. The number of hydrogen-bond donors (Lipinski definition) is 3. The zero-order valence-electron chi connectivity index (χ0n) is 17.8. The largest absolute Gasteiger partial charge is 0.367 e. The zero-order chi connectivity index (χ0) is 22.5. The van der Waals surface area contributed by atoms with Gasteiger partial charge < -0.3 is 16.4 Å². The van der Waals surface area contributed by atoms with Crippen molar-refractivity contribution in [2.75, 3.05) is 23.4 Å². The molecule has 0 saturated heterocycles. The topological polar surface area (TPSA) is 138 Å². The minimum atomic E-state index is -3.22. The van der Waals surface area contributed by atoms with Crippen LogP contribution < -0.4 is 16.4 Å². The van der Waals surface area contributed by atoms with Gasteiger partial charge in [-0.1, -0.05) is 6.07 Å². The van der Waals surface area contributed by atoms with Gasteiger partial charge in [-0.05, 0) is 48.9 Å². The van der Waals surface area contributed by atoms with Gasteiger partial charge in [0.2, 0.25) is 0 Å². The SMILES string of the molecule is CS(=O)(=O)Cc1cc(Nc2cc(NC3CC3)n3ncc(C#N)c3n2)ccc1C1(CN)CC1. The van der Waals surface area contributed by atoms with Gasteiger partial charge in [0, 0.05) is 36.0 Å². The Morgan fingerprint density at radius 1 is 1.31 bits per heavy atom. The van der Waals surface area contributed by atoms with Crippen LogP contribution in [0.3, 0.4) is 0 Å². The smallest absolute Gasteiger partial charge is 0.177 e. The van der Waals surface area contributed by atoms with Gasteiger partial charge in [-0.15, -0.1) is 0 Å². The van der Waals surface area contributed by atoms with E-state index < -0.39 is 9.84 Å². The molecule has 2 heterocycles. The first-order valence-electron chi connectivity index (χ1n) is 10.6. The second kappa shape index (κ2) is 7.46. The first kappa shape index (κ1) is 20.7. The summed E-state index contributed by atoms with van der Waals surface area (Å²) in [5.74, 6) is 1.27. The number of aromatic nitrogens is 3. The Kier molecular flexibility index (Phi) is 4.83. The molecule has 9 nitrogen and oxygen atoms in total. The molecule has 5 rings (SSSR count). The summed E-state index contributed by atoms with van der Waals surface area (Å²) in [7, 11) is -3.22. The predicted molar refractivity (Wildman–Crippen MR) is 123 cm³/mol. The Bertz CT molecular complexity index is 1350. The lowest BCUT2D eigenvalue weighted by molar-refractivity contribution is 0.600. The number of nitriles is 1. The number of rotatable bonds is 8. The Balaban J connectivity index is 1.53.